The van der Waals surface area contributed by atoms with E-state index in [0.29, 0.717) is 0 Å². The van der Waals surface area contributed by atoms with E-state index >= 15 is 0 Å². The van der Waals surface area contributed by atoms with Crippen LogP contribution in [-0.4, -0.2) is 57.7 Å². The van der Waals surface area contributed by atoms with Crippen LogP contribution in [0.25, 0.3) is 0 Å². The van der Waals surface area contributed by atoms with Gasteiger partial charge in [-0.15, -0.1) is 6.42 Å². The number of phenolic OH excluding ortho intramolecular Hbond substituents is 10. The summed E-state index contributed by atoms with van der Waals surface area (Å²) >= 11 is 0. The van der Waals surface area contributed by atoms with E-state index in [4.69, 9.17) is 44.3 Å². The summed E-state index contributed by atoms with van der Waals surface area (Å²) in [6.45, 7) is -0.113. The van der Waals surface area contributed by atoms with Crippen LogP contribution in [0.2, 0.25) is 0 Å². The fourth-order valence-electron chi connectivity index (χ4n) is 5.66. The predicted molar refractivity (Wildman–Crippen MR) is 190 cm³/mol. The van der Waals surface area contributed by atoms with E-state index in [1.165, 1.54) is 12.1 Å². The van der Waals surface area contributed by atoms with Gasteiger partial charge in [0.25, 0.3) is 0 Å². The van der Waals surface area contributed by atoms with Gasteiger partial charge in [0.05, 0.1) is 0 Å². The van der Waals surface area contributed by atoms with Crippen molar-refractivity contribution in [2.24, 2.45) is 0 Å². The third-order valence-corrected chi connectivity index (χ3v) is 8.03. The van der Waals surface area contributed by atoms with Gasteiger partial charge in [0, 0.05) is 66.7 Å². The summed E-state index contributed by atoms with van der Waals surface area (Å²) in [7, 11) is 0. The molecule has 0 aromatic heterocycles. The molecule has 0 saturated heterocycles. The minimum Gasteiger partial charge on any atom is -0.508 e. The molecule has 0 atom stereocenters. The van der Waals surface area contributed by atoms with Crippen LogP contribution >= 0.6 is 0 Å². The molecule has 288 valence electrons. The molecule has 2 heterocycles. The Labute approximate surface area is 318 Å². The molecular formula is C39H24O18. The molecule has 0 fully saturated rings. The molecule has 0 aliphatic carbocycles. The number of benzene rings is 6. The van der Waals surface area contributed by atoms with Crippen molar-refractivity contribution in [2.45, 2.75) is 0 Å². The van der Waals surface area contributed by atoms with Gasteiger partial charge in [0.1, 0.15) is 41.1 Å². The van der Waals surface area contributed by atoms with Crippen LogP contribution in [0.4, 0.5) is 0 Å². The first-order chi connectivity index (χ1) is 27.3. The topological polar surface area (TPSA) is 276 Å². The van der Waals surface area contributed by atoms with Gasteiger partial charge in [-0.25, -0.2) is 0 Å². The molecule has 57 heavy (non-hydrogen) atoms. The normalized spacial score (nSPS) is 11.8. The van der Waals surface area contributed by atoms with Gasteiger partial charge in [-0.2, -0.15) is 0 Å². The van der Waals surface area contributed by atoms with Crippen LogP contribution < -0.4 is 37.9 Å². The average molecular weight is 781 g/mol. The summed E-state index contributed by atoms with van der Waals surface area (Å²) in [5.41, 5.74) is 0. The van der Waals surface area contributed by atoms with E-state index in [-0.39, 0.29) is 81.4 Å². The highest BCUT2D eigenvalue weighted by Crippen LogP contribution is 2.62. The molecule has 18 heteroatoms. The molecule has 0 spiro atoms. The molecule has 2 aliphatic rings. The lowest BCUT2D eigenvalue weighted by Gasteiger charge is -2.25. The number of hydrogen-bond acceptors (Lipinski definition) is 18. The smallest absolute Gasteiger partial charge is 0.220 e. The Morgan fingerprint density at radius 3 is 1.28 bits per heavy atom. The minimum absolute atomic E-state index is 0.0747. The number of terminal acetylenes is 1. The monoisotopic (exact) mass is 780 g/mol. The molecule has 6 aromatic rings. The van der Waals surface area contributed by atoms with Gasteiger partial charge >= 0.3 is 0 Å². The Bertz CT molecular complexity index is 2660. The van der Waals surface area contributed by atoms with E-state index in [2.05, 4.69) is 5.92 Å². The lowest BCUT2D eigenvalue weighted by atomic mass is 10.2. The molecule has 0 unspecified atom stereocenters. The maximum Gasteiger partial charge on any atom is 0.220 e. The van der Waals surface area contributed by atoms with Crippen molar-refractivity contribution >= 4 is 0 Å². The summed E-state index contributed by atoms with van der Waals surface area (Å²) in [5.74, 6) is -7.77. The Morgan fingerprint density at radius 2 is 0.772 bits per heavy atom. The van der Waals surface area contributed by atoms with Crippen molar-refractivity contribution in [3.8, 4) is 156 Å². The SMILES string of the molecule is C#CCOc1cc(O)c2c(c1)Oc1c(O)cc(O)c(Oc3cc(O)c(Oc4cc(O)c5c(c4)Oc4c(O)cc(O)c(Oc6cc(O)cc(O)c6)c4O5)c(O)c3)c1O2. The van der Waals surface area contributed by atoms with Gasteiger partial charge in [0.2, 0.25) is 51.7 Å². The van der Waals surface area contributed by atoms with E-state index < -0.39 is 69.0 Å². The van der Waals surface area contributed by atoms with Crippen molar-refractivity contribution in [3.05, 3.63) is 66.7 Å². The molecule has 0 amide bonds. The molecule has 10 N–H and O–H groups in total. The lowest BCUT2D eigenvalue weighted by Crippen LogP contribution is -2.03. The highest BCUT2D eigenvalue weighted by atomic mass is 16.6. The Kier molecular flexibility index (Phi) is 8.24. The van der Waals surface area contributed by atoms with E-state index in [1.807, 2.05) is 0 Å². The number of aromatic hydroxyl groups is 10. The second-order valence-electron chi connectivity index (χ2n) is 12.0. The summed E-state index contributed by atoms with van der Waals surface area (Å²) < 4.78 is 45.4. The largest absolute Gasteiger partial charge is 0.508 e. The number of phenols is 10. The molecule has 8 rings (SSSR count). The minimum atomic E-state index is -0.718. The van der Waals surface area contributed by atoms with Gasteiger partial charge < -0.3 is 89.0 Å². The zero-order valence-electron chi connectivity index (χ0n) is 28.4. The maximum absolute atomic E-state index is 10.9. The quantitative estimate of drug-likeness (QED) is 0.0655. The highest BCUT2D eigenvalue weighted by Gasteiger charge is 2.34. The van der Waals surface area contributed by atoms with Crippen molar-refractivity contribution in [1.29, 1.82) is 0 Å². The van der Waals surface area contributed by atoms with Crippen LogP contribution in [0.1, 0.15) is 0 Å². The Morgan fingerprint density at radius 1 is 0.386 bits per heavy atom. The fourth-order valence-corrected chi connectivity index (χ4v) is 5.66. The third kappa shape index (κ3) is 6.38. The second-order valence-corrected chi connectivity index (χ2v) is 12.0. The van der Waals surface area contributed by atoms with Crippen molar-refractivity contribution < 1.29 is 89.0 Å². The van der Waals surface area contributed by atoms with E-state index in [1.54, 1.807) is 0 Å². The first-order valence-corrected chi connectivity index (χ1v) is 16.1. The number of rotatable bonds is 8. The summed E-state index contributed by atoms with van der Waals surface area (Å²) in [6.07, 6.45) is 5.22. The van der Waals surface area contributed by atoms with Gasteiger partial charge in [0.15, 0.2) is 57.5 Å². The van der Waals surface area contributed by atoms with Gasteiger partial charge in [-0.3, -0.25) is 0 Å². The molecular weight excluding hydrogens is 756 g/mol. The first kappa shape index (κ1) is 35.3. The molecule has 18 nitrogen and oxygen atoms in total. The Balaban J connectivity index is 1.05. The Hall–Kier alpha value is -8.72. The van der Waals surface area contributed by atoms with Crippen LogP contribution in [0, 0.1) is 12.3 Å². The summed E-state index contributed by atoms with van der Waals surface area (Å²) in [5, 5.41) is 105. The second kappa shape index (κ2) is 13.3. The van der Waals surface area contributed by atoms with E-state index in [9.17, 15) is 51.1 Å². The van der Waals surface area contributed by atoms with Crippen LogP contribution in [0.15, 0.2) is 66.7 Å². The van der Waals surface area contributed by atoms with Crippen molar-refractivity contribution in [1.82, 2.24) is 0 Å². The molecule has 0 radical (unpaired) electrons. The van der Waals surface area contributed by atoms with Gasteiger partial charge in [-0.1, -0.05) is 5.92 Å². The standard InChI is InChI=1S/C39H24O18/c1-2-3-50-17-7-23(44)32-29(11-17)54-36-27(48)14-26(47)35(39(36)56-32)53-19-8-21(42)31(22(43)9-19)51-20-10-24(45)33-30(12-20)55-37-28(49)13-25(46)34(38(37)57-33)52-18-5-15(40)4-16(41)6-18/h1,4-14,40-49H,3H2. The lowest BCUT2D eigenvalue weighted by molar-refractivity contribution is 0.296. The highest BCUT2D eigenvalue weighted by molar-refractivity contribution is 5.74. The third-order valence-electron chi connectivity index (χ3n) is 8.03. The summed E-state index contributed by atoms with van der Waals surface area (Å²) in [4.78, 5) is 0. The van der Waals surface area contributed by atoms with Crippen LogP contribution in [0.5, 0.6) is 144 Å². The predicted octanol–water partition coefficient (Wildman–Crippen LogP) is 7.93. The number of hydrogen-bond donors (Lipinski definition) is 10. The van der Waals surface area contributed by atoms with Crippen molar-refractivity contribution in [2.75, 3.05) is 6.61 Å². The zero-order chi connectivity index (χ0) is 40.3. The first-order valence-electron chi connectivity index (χ1n) is 16.1. The van der Waals surface area contributed by atoms with Crippen LogP contribution in [-0.2, 0) is 0 Å². The average Bonchev–Trinajstić information content (AvgIpc) is 3.14. The molecule has 0 bridgehead atoms. The van der Waals surface area contributed by atoms with Crippen LogP contribution in [0.3, 0.4) is 0 Å². The molecule has 2 aliphatic heterocycles. The number of ether oxygens (including phenoxy) is 8. The van der Waals surface area contributed by atoms with E-state index in [0.717, 1.165) is 54.6 Å². The van der Waals surface area contributed by atoms with Crippen molar-refractivity contribution in [3.63, 3.8) is 0 Å². The van der Waals surface area contributed by atoms with Gasteiger partial charge in [-0.05, 0) is 0 Å². The fraction of sp³-hybridized carbons (Fsp3) is 0.0256. The maximum atomic E-state index is 10.9. The molecule has 6 aromatic carbocycles. The molecule has 0 saturated carbocycles. The number of fused-ring (bicyclic) bond motifs is 4. The zero-order valence-corrected chi connectivity index (χ0v) is 28.4. The summed E-state index contributed by atoms with van der Waals surface area (Å²) in [6, 6.07) is 11.7.